The van der Waals surface area contributed by atoms with E-state index >= 15 is 0 Å². The van der Waals surface area contributed by atoms with Gasteiger partial charge < -0.3 is 10.5 Å². The van der Waals surface area contributed by atoms with Gasteiger partial charge in [0.2, 0.25) is 0 Å². The van der Waals surface area contributed by atoms with Crippen molar-refractivity contribution in [3.63, 3.8) is 0 Å². The van der Waals surface area contributed by atoms with Crippen LogP contribution in [-0.4, -0.2) is 37.2 Å². The topological polar surface area (TPSA) is 38.5 Å². The normalized spacial score (nSPS) is 16.9. The van der Waals surface area contributed by atoms with Crippen LogP contribution >= 0.6 is 23.2 Å². The number of hydrogen-bond donors (Lipinski definition) is 1. The Hall–Kier alpha value is -0.480. The lowest BCUT2D eigenvalue weighted by molar-refractivity contribution is 0.0199. The van der Waals surface area contributed by atoms with Crippen LogP contribution in [0.4, 0.5) is 0 Å². The highest BCUT2D eigenvalue weighted by Gasteiger charge is 2.27. The van der Waals surface area contributed by atoms with Gasteiger partial charge in [0.25, 0.3) is 0 Å². The van der Waals surface area contributed by atoms with E-state index in [1.165, 1.54) is 0 Å². The second-order valence-corrected chi connectivity index (χ2v) is 5.03. The molecule has 1 fully saturated rings. The van der Waals surface area contributed by atoms with E-state index in [1.807, 2.05) is 6.07 Å². The lowest BCUT2D eigenvalue weighted by atomic mass is 10.1. The van der Waals surface area contributed by atoms with Crippen LogP contribution in [0.1, 0.15) is 6.42 Å². The van der Waals surface area contributed by atoms with Gasteiger partial charge in [-0.2, -0.15) is 0 Å². The standard InChI is InChI=1S/C12H16Cl2N2O/c13-11-3-2-9(6-12(11)14)17-10-7-16(8-10)5-1-4-15/h2-3,6,10H,1,4-5,7-8,15H2. The molecule has 0 spiro atoms. The fraction of sp³-hybridized carbons (Fsp3) is 0.500. The van der Waals surface area contributed by atoms with Crippen molar-refractivity contribution in [1.82, 2.24) is 4.90 Å². The van der Waals surface area contributed by atoms with Gasteiger partial charge >= 0.3 is 0 Å². The summed E-state index contributed by atoms with van der Waals surface area (Å²) in [4.78, 5) is 2.33. The molecular weight excluding hydrogens is 259 g/mol. The highest BCUT2D eigenvalue weighted by molar-refractivity contribution is 6.42. The van der Waals surface area contributed by atoms with Gasteiger partial charge in [-0.15, -0.1) is 0 Å². The van der Waals surface area contributed by atoms with Crippen LogP contribution in [0.2, 0.25) is 10.0 Å². The quantitative estimate of drug-likeness (QED) is 0.896. The van der Waals surface area contributed by atoms with E-state index in [2.05, 4.69) is 4.90 Å². The van der Waals surface area contributed by atoms with Crippen molar-refractivity contribution in [3.05, 3.63) is 28.2 Å². The fourth-order valence-electron chi connectivity index (χ4n) is 1.84. The van der Waals surface area contributed by atoms with Crippen LogP contribution in [0.5, 0.6) is 5.75 Å². The lowest BCUT2D eigenvalue weighted by Gasteiger charge is -2.39. The average molecular weight is 275 g/mol. The zero-order chi connectivity index (χ0) is 12.3. The highest BCUT2D eigenvalue weighted by Crippen LogP contribution is 2.27. The molecule has 0 radical (unpaired) electrons. The molecule has 0 bridgehead atoms. The van der Waals surface area contributed by atoms with E-state index < -0.39 is 0 Å². The Morgan fingerprint density at radius 3 is 2.71 bits per heavy atom. The zero-order valence-electron chi connectivity index (χ0n) is 9.53. The number of likely N-dealkylation sites (tertiary alicyclic amines) is 1. The number of benzene rings is 1. The summed E-state index contributed by atoms with van der Waals surface area (Å²) < 4.78 is 5.78. The Labute approximate surface area is 111 Å². The van der Waals surface area contributed by atoms with Gasteiger partial charge in [0.05, 0.1) is 10.0 Å². The Morgan fingerprint density at radius 2 is 2.06 bits per heavy atom. The summed E-state index contributed by atoms with van der Waals surface area (Å²) in [7, 11) is 0. The van der Waals surface area contributed by atoms with E-state index in [4.69, 9.17) is 33.7 Å². The monoisotopic (exact) mass is 274 g/mol. The Bertz CT molecular complexity index is 381. The van der Waals surface area contributed by atoms with Crippen LogP contribution < -0.4 is 10.5 Å². The van der Waals surface area contributed by atoms with Gasteiger partial charge in [-0.25, -0.2) is 0 Å². The SMILES string of the molecule is NCCCN1CC(Oc2ccc(Cl)c(Cl)c2)C1. The molecule has 5 heteroatoms. The van der Waals surface area contributed by atoms with Crippen molar-refractivity contribution >= 4 is 23.2 Å². The van der Waals surface area contributed by atoms with Gasteiger partial charge in [-0.05, 0) is 31.6 Å². The average Bonchev–Trinajstić information content (AvgIpc) is 2.26. The van der Waals surface area contributed by atoms with Crippen LogP contribution in [0.25, 0.3) is 0 Å². The van der Waals surface area contributed by atoms with E-state index in [1.54, 1.807) is 12.1 Å². The zero-order valence-corrected chi connectivity index (χ0v) is 11.0. The van der Waals surface area contributed by atoms with Crippen LogP contribution in [0, 0.1) is 0 Å². The summed E-state index contributed by atoms with van der Waals surface area (Å²) in [5, 5.41) is 1.08. The first-order chi connectivity index (χ1) is 8.19. The third-order valence-electron chi connectivity index (χ3n) is 2.80. The summed E-state index contributed by atoms with van der Waals surface area (Å²) in [5.41, 5.74) is 5.46. The summed E-state index contributed by atoms with van der Waals surface area (Å²) in [6, 6.07) is 5.35. The van der Waals surface area contributed by atoms with Gasteiger partial charge in [0.1, 0.15) is 11.9 Å². The summed E-state index contributed by atoms with van der Waals surface area (Å²) in [6.07, 6.45) is 1.30. The molecular formula is C12H16Cl2N2O. The Morgan fingerprint density at radius 1 is 1.29 bits per heavy atom. The minimum absolute atomic E-state index is 0.255. The summed E-state index contributed by atoms with van der Waals surface area (Å²) in [5.74, 6) is 0.780. The number of nitrogens with zero attached hydrogens (tertiary/aromatic N) is 1. The van der Waals surface area contributed by atoms with Crippen molar-refractivity contribution in [3.8, 4) is 5.75 Å². The molecule has 94 valence electrons. The maximum absolute atomic E-state index is 5.92. The molecule has 0 saturated carbocycles. The highest BCUT2D eigenvalue weighted by atomic mass is 35.5. The van der Waals surface area contributed by atoms with Gasteiger partial charge in [0, 0.05) is 19.2 Å². The van der Waals surface area contributed by atoms with Gasteiger partial charge in [-0.1, -0.05) is 23.2 Å². The van der Waals surface area contributed by atoms with E-state index in [-0.39, 0.29) is 6.10 Å². The molecule has 0 amide bonds. The third-order valence-corrected chi connectivity index (χ3v) is 3.53. The first-order valence-corrected chi connectivity index (χ1v) is 6.49. The summed E-state index contributed by atoms with van der Waals surface area (Å²) in [6.45, 7) is 3.72. The molecule has 0 atom stereocenters. The number of rotatable bonds is 5. The molecule has 0 aliphatic carbocycles. The number of ether oxygens (including phenoxy) is 1. The van der Waals surface area contributed by atoms with Crippen LogP contribution in [-0.2, 0) is 0 Å². The molecule has 1 saturated heterocycles. The van der Waals surface area contributed by atoms with Crippen LogP contribution in [0.15, 0.2) is 18.2 Å². The predicted molar refractivity (Wildman–Crippen MR) is 71.0 cm³/mol. The fourth-order valence-corrected chi connectivity index (χ4v) is 2.13. The molecule has 1 aromatic carbocycles. The number of hydrogen-bond acceptors (Lipinski definition) is 3. The summed E-state index contributed by atoms with van der Waals surface area (Å²) >= 11 is 11.8. The van der Waals surface area contributed by atoms with Crippen LogP contribution in [0.3, 0.4) is 0 Å². The van der Waals surface area contributed by atoms with Crippen molar-refractivity contribution in [1.29, 1.82) is 0 Å². The molecule has 0 aromatic heterocycles. The molecule has 2 rings (SSSR count). The van der Waals surface area contributed by atoms with Gasteiger partial charge in [0.15, 0.2) is 0 Å². The molecule has 1 aliphatic rings. The first kappa shape index (κ1) is 13.0. The molecule has 3 nitrogen and oxygen atoms in total. The molecule has 0 unspecified atom stereocenters. The first-order valence-electron chi connectivity index (χ1n) is 5.73. The Balaban J connectivity index is 1.77. The van der Waals surface area contributed by atoms with Crippen molar-refractivity contribution in [2.45, 2.75) is 12.5 Å². The minimum Gasteiger partial charge on any atom is -0.488 e. The van der Waals surface area contributed by atoms with E-state index in [9.17, 15) is 0 Å². The number of halogens is 2. The number of nitrogens with two attached hydrogens (primary N) is 1. The maximum atomic E-state index is 5.92. The molecule has 1 heterocycles. The predicted octanol–water partition coefficient (Wildman–Crippen LogP) is 2.41. The van der Waals surface area contributed by atoms with E-state index in [0.29, 0.717) is 10.0 Å². The molecule has 2 N–H and O–H groups in total. The maximum Gasteiger partial charge on any atom is 0.124 e. The van der Waals surface area contributed by atoms with Crippen molar-refractivity contribution < 1.29 is 4.74 Å². The largest absolute Gasteiger partial charge is 0.488 e. The van der Waals surface area contributed by atoms with E-state index in [0.717, 1.165) is 38.3 Å². The second kappa shape index (κ2) is 5.91. The minimum atomic E-state index is 0.255. The Kier molecular flexibility index (Phi) is 4.51. The lowest BCUT2D eigenvalue weighted by Crippen LogP contribution is -2.54. The van der Waals surface area contributed by atoms with Gasteiger partial charge in [-0.3, -0.25) is 4.90 Å². The second-order valence-electron chi connectivity index (χ2n) is 4.22. The van der Waals surface area contributed by atoms with Crippen molar-refractivity contribution in [2.75, 3.05) is 26.2 Å². The molecule has 1 aromatic rings. The molecule has 1 aliphatic heterocycles. The van der Waals surface area contributed by atoms with Crippen molar-refractivity contribution in [2.24, 2.45) is 5.73 Å². The smallest absolute Gasteiger partial charge is 0.124 e. The third kappa shape index (κ3) is 3.49. The molecule has 17 heavy (non-hydrogen) atoms.